The number of nitrogens with zero attached hydrogens (tertiary/aromatic N) is 2. The first-order chi connectivity index (χ1) is 9.61. The molecule has 0 saturated heterocycles. The maximum absolute atomic E-state index is 11.9. The molecule has 0 spiro atoms. The molecule has 0 aliphatic heterocycles. The van der Waals surface area contributed by atoms with Gasteiger partial charge in [0.05, 0.1) is 5.69 Å². The number of aliphatic hydroxyl groups is 1. The molecule has 0 fully saturated rings. The normalized spacial score (nSPS) is 10.6. The van der Waals surface area contributed by atoms with Gasteiger partial charge >= 0.3 is 0 Å². The van der Waals surface area contributed by atoms with Crippen LogP contribution in [0.1, 0.15) is 28.2 Å². The Morgan fingerprint density at radius 3 is 2.65 bits per heavy atom. The van der Waals surface area contributed by atoms with Gasteiger partial charge < -0.3 is 10.4 Å². The number of benzene rings is 1. The van der Waals surface area contributed by atoms with Crippen LogP contribution < -0.4 is 5.32 Å². The van der Waals surface area contributed by atoms with Gasteiger partial charge in [-0.25, -0.2) is 4.68 Å². The Balaban J connectivity index is 2.17. The molecule has 20 heavy (non-hydrogen) atoms. The van der Waals surface area contributed by atoms with Crippen LogP contribution >= 0.6 is 0 Å². The molecule has 0 aliphatic carbocycles. The highest BCUT2D eigenvalue weighted by Crippen LogP contribution is 2.13. The molecule has 1 amide bonds. The van der Waals surface area contributed by atoms with E-state index in [1.807, 2.05) is 38.1 Å². The molecule has 2 rings (SSSR count). The van der Waals surface area contributed by atoms with Crippen molar-refractivity contribution in [3.05, 3.63) is 47.3 Å². The van der Waals surface area contributed by atoms with E-state index in [9.17, 15) is 4.79 Å². The molecule has 2 aromatic rings. The van der Waals surface area contributed by atoms with Crippen LogP contribution in [0.2, 0.25) is 0 Å². The number of amides is 1. The second-order valence-electron chi connectivity index (χ2n) is 4.75. The minimum atomic E-state index is -0.215. The van der Waals surface area contributed by atoms with E-state index in [4.69, 9.17) is 5.11 Å². The van der Waals surface area contributed by atoms with Crippen LogP contribution in [0.25, 0.3) is 5.69 Å². The van der Waals surface area contributed by atoms with Crippen molar-refractivity contribution in [3.63, 3.8) is 0 Å². The molecule has 0 unspecified atom stereocenters. The predicted molar refractivity (Wildman–Crippen MR) is 77.1 cm³/mol. The quantitative estimate of drug-likeness (QED) is 0.813. The van der Waals surface area contributed by atoms with Crippen LogP contribution in [-0.2, 0) is 0 Å². The van der Waals surface area contributed by atoms with Gasteiger partial charge in [0.15, 0.2) is 5.69 Å². The lowest BCUT2D eigenvalue weighted by molar-refractivity contribution is 0.0945. The fraction of sp³-hybridized carbons (Fsp3) is 0.333. The van der Waals surface area contributed by atoms with E-state index in [0.717, 1.165) is 11.4 Å². The van der Waals surface area contributed by atoms with Gasteiger partial charge in [-0.15, -0.1) is 0 Å². The number of hydrogen-bond donors (Lipinski definition) is 2. The van der Waals surface area contributed by atoms with E-state index in [2.05, 4.69) is 10.4 Å². The first kappa shape index (κ1) is 14.3. The van der Waals surface area contributed by atoms with Gasteiger partial charge in [0.25, 0.3) is 5.91 Å². The maximum Gasteiger partial charge on any atom is 0.271 e. The minimum Gasteiger partial charge on any atom is -0.396 e. The van der Waals surface area contributed by atoms with Crippen molar-refractivity contribution in [2.75, 3.05) is 13.2 Å². The largest absolute Gasteiger partial charge is 0.396 e. The Bertz CT molecular complexity index is 588. The molecule has 0 aliphatic rings. The van der Waals surface area contributed by atoms with Gasteiger partial charge in [-0.05, 0) is 38.5 Å². The molecule has 0 saturated carbocycles. The van der Waals surface area contributed by atoms with Crippen LogP contribution in [0, 0.1) is 13.8 Å². The third kappa shape index (κ3) is 3.24. The van der Waals surface area contributed by atoms with Crippen LogP contribution in [0.5, 0.6) is 0 Å². The summed E-state index contributed by atoms with van der Waals surface area (Å²) in [4.78, 5) is 11.9. The topological polar surface area (TPSA) is 67.2 Å². The summed E-state index contributed by atoms with van der Waals surface area (Å²) in [6.45, 7) is 4.46. The molecular weight excluding hydrogens is 254 g/mol. The smallest absolute Gasteiger partial charge is 0.271 e. The molecule has 1 aromatic heterocycles. The summed E-state index contributed by atoms with van der Waals surface area (Å²) < 4.78 is 1.75. The highest BCUT2D eigenvalue weighted by molar-refractivity contribution is 5.92. The molecule has 1 heterocycles. The molecule has 0 radical (unpaired) electrons. The number of rotatable bonds is 5. The van der Waals surface area contributed by atoms with Crippen molar-refractivity contribution in [2.24, 2.45) is 0 Å². The average molecular weight is 273 g/mol. The van der Waals surface area contributed by atoms with Crippen molar-refractivity contribution in [3.8, 4) is 5.69 Å². The Kier molecular flexibility index (Phi) is 4.53. The zero-order chi connectivity index (χ0) is 14.5. The van der Waals surface area contributed by atoms with E-state index in [-0.39, 0.29) is 12.5 Å². The molecule has 106 valence electrons. The van der Waals surface area contributed by atoms with Crippen LogP contribution in [0.4, 0.5) is 0 Å². The Hall–Kier alpha value is -2.14. The molecule has 0 bridgehead atoms. The predicted octanol–water partition coefficient (Wildman–Crippen LogP) is 1.60. The van der Waals surface area contributed by atoms with E-state index < -0.39 is 0 Å². The summed E-state index contributed by atoms with van der Waals surface area (Å²) in [5.41, 5.74) is 3.41. The van der Waals surface area contributed by atoms with Crippen LogP contribution in [0.15, 0.2) is 30.3 Å². The first-order valence-electron chi connectivity index (χ1n) is 6.64. The lowest BCUT2D eigenvalue weighted by Crippen LogP contribution is -2.25. The lowest BCUT2D eigenvalue weighted by atomic mass is 10.2. The molecule has 2 N–H and O–H groups in total. The lowest BCUT2D eigenvalue weighted by Gasteiger charge is -2.04. The summed E-state index contributed by atoms with van der Waals surface area (Å²) >= 11 is 0. The van der Waals surface area contributed by atoms with Crippen LogP contribution in [-0.4, -0.2) is 33.9 Å². The van der Waals surface area contributed by atoms with Crippen LogP contribution in [0.3, 0.4) is 0 Å². The standard InChI is InChI=1S/C15H19N3O2/c1-11-4-6-13(7-5-11)18-12(2)10-14(17-18)15(20)16-8-3-9-19/h4-7,10,19H,3,8-9H2,1-2H3,(H,16,20). The monoisotopic (exact) mass is 273 g/mol. The number of carbonyl (C=O) groups excluding carboxylic acids is 1. The van der Waals surface area contributed by atoms with Gasteiger partial charge in [-0.1, -0.05) is 17.7 Å². The number of nitrogens with one attached hydrogen (secondary N) is 1. The van der Waals surface area contributed by atoms with E-state index in [0.29, 0.717) is 18.7 Å². The van der Waals surface area contributed by atoms with Gasteiger partial charge in [-0.3, -0.25) is 4.79 Å². The van der Waals surface area contributed by atoms with Crippen molar-refractivity contribution >= 4 is 5.91 Å². The summed E-state index contributed by atoms with van der Waals surface area (Å²) in [5.74, 6) is -0.215. The minimum absolute atomic E-state index is 0.0666. The summed E-state index contributed by atoms with van der Waals surface area (Å²) in [6.07, 6.45) is 0.545. The van der Waals surface area contributed by atoms with Gasteiger partial charge in [-0.2, -0.15) is 5.10 Å². The highest BCUT2D eigenvalue weighted by atomic mass is 16.3. The van der Waals surface area contributed by atoms with E-state index in [1.54, 1.807) is 10.7 Å². The molecule has 5 heteroatoms. The first-order valence-corrected chi connectivity index (χ1v) is 6.64. The van der Waals surface area contributed by atoms with Crippen molar-refractivity contribution < 1.29 is 9.90 Å². The number of hydrogen-bond acceptors (Lipinski definition) is 3. The number of aliphatic hydroxyl groups excluding tert-OH is 1. The van der Waals surface area contributed by atoms with E-state index >= 15 is 0 Å². The highest BCUT2D eigenvalue weighted by Gasteiger charge is 2.12. The fourth-order valence-electron chi connectivity index (χ4n) is 1.90. The van der Waals surface area contributed by atoms with E-state index in [1.165, 1.54) is 5.56 Å². The molecule has 5 nitrogen and oxygen atoms in total. The van der Waals surface area contributed by atoms with Gasteiger partial charge in [0.2, 0.25) is 0 Å². The Morgan fingerprint density at radius 1 is 1.30 bits per heavy atom. The number of aryl methyl sites for hydroxylation is 2. The molecule has 1 aromatic carbocycles. The van der Waals surface area contributed by atoms with Crippen molar-refractivity contribution in [1.82, 2.24) is 15.1 Å². The number of carbonyl (C=O) groups is 1. The zero-order valence-electron chi connectivity index (χ0n) is 11.8. The van der Waals surface area contributed by atoms with Gasteiger partial charge in [0.1, 0.15) is 0 Å². The second kappa shape index (κ2) is 6.34. The SMILES string of the molecule is Cc1ccc(-n2nc(C(=O)NCCCO)cc2C)cc1. The third-order valence-corrected chi connectivity index (χ3v) is 3.02. The summed E-state index contributed by atoms with van der Waals surface area (Å²) in [6, 6.07) is 9.73. The Labute approximate surface area is 118 Å². The third-order valence-electron chi connectivity index (χ3n) is 3.02. The maximum atomic E-state index is 11.9. The summed E-state index contributed by atoms with van der Waals surface area (Å²) in [7, 11) is 0. The van der Waals surface area contributed by atoms with Gasteiger partial charge in [0, 0.05) is 18.8 Å². The molecular formula is C15H19N3O2. The van der Waals surface area contributed by atoms with Crippen molar-refractivity contribution in [1.29, 1.82) is 0 Å². The molecule has 0 atom stereocenters. The fourth-order valence-corrected chi connectivity index (χ4v) is 1.90. The average Bonchev–Trinajstić information content (AvgIpc) is 2.82. The van der Waals surface area contributed by atoms with Crippen molar-refractivity contribution in [2.45, 2.75) is 20.3 Å². The zero-order valence-corrected chi connectivity index (χ0v) is 11.8. The summed E-state index contributed by atoms with van der Waals surface area (Å²) in [5, 5.41) is 15.8. The Morgan fingerprint density at radius 2 is 2.00 bits per heavy atom. The second-order valence-corrected chi connectivity index (χ2v) is 4.75. The number of aromatic nitrogens is 2.